The van der Waals surface area contributed by atoms with E-state index in [-0.39, 0.29) is 24.0 Å². The van der Waals surface area contributed by atoms with Crippen molar-refractivity contribution in [3.05, 3.63) is 64.2 Å². The van der Waals surface area contributed by atoms with Gasteiger partial charge in [0.1, 0.15) is 0 Å². The van der Waals surface area contributed by atoms with Crippen molar-refractivity contribution in [2.75, 3.05) is 23.7 Å². The molecule has 0 radical (unpaired) electrons. The lowest BCUT2D eigenvalue weighted by Crippen LogP contribution is -2.32. The third-order valence-electron chi connectivity index (χ3n) is 3.86. The van der Waals surface area contributed by atoms with Gasteiger partial charge in [0, 0.05) is 37.0 Å². The van der Waals surface area contributed by atoms with Gasteiger partial charge in [-0.05, 0) is 36.4 Å². The molecule has 0 aliphatic carbocycles. The molecule has 8 heteroatoms. The second-order valence-corrected chi connectivity index (χ2v) is 6.03. The zero-order chi connectivity index (χ0) is 19.8. The Kier molecular flexibility index (Phi) is 7.01. The third-order valence-corrected chi connectivity index (χ3v) is 3.86. The van der Waals surface area contributed by atoms with Gasteiger partial charge in [0.05, 0.1) is 11.5 Å². The molecule has 2 N–H and O–H groups in total. The number of likely N-dealkylation sites (N-methyl/N-ethyl adjacent to an activating group) is 1. The van der Waals surface area contributed by atoms with Crippen molar-refractivity contribution in [3.8, 4) is 0 Å². The Morgan fingerprint density at radius 3 is 2.04 bits per heavy atom. The molecule has 2 amide bonds. The smallest absolute Gasteiger partial charge is 0.269 e. The van der Waals surface area contributed by atoms with Crippen LogP contribution in [0.4, 0.5) is 17.1 Å². The molecular weight excluding hydrogens is 348 g/mol. The third kappa shape index (κ3) is 6.52. The van der Waals surface area contributed by atoms with Crippen LogP contribution in [0, 0.1) is 10.1 Å². The Morgan fingerprint density at radius 2 is 1.56 bits per heavy atom. The van der Waals surface area contributed by atoms with Gasteiger partial charge in [-0.15, -0.1) is 0 Å². The average Bonchev–Trinajstić information content (AvgIpc) is 2.62. The van der Waals surface area contributed by atoms with Crippen molar-refractivity contribution in [1.82, 2.24) is 4.90 Å². The molecule has 0 atom stereocenters. The Bertz CT molecular complexity index is 803. The summed E-state index contributed by atoms with van der Waals surface area (Å²) in [6.07, 6.45) is 0. The van der Waals surface area contributed by atoms with E-state index >= 15 is 0 Å². The SMILES string of the molecule is CCN(CC(=O)Nc1ccc(NC(C)=O)cc1)Cc1ccc([N+](=O)[O-])cc1. The van der Waals surface area contributed by atoms with Gasteiger partial charge in [-0.2, -0.15) is 0 Å². The van der Waals surface area contributed by atoms with Crippen LogP contribution in [-0.2, 0) is 16.1 Å². The number of amides is 2. The number of rotatable bonds is 8. The number of hydrogen-bond donors (Lipinski definition) is 2. The fraction of sp³-hybridized carbons (Fsp3) is 0.263. The quantitative estimate of drug-likeness (QED) is 0.549. The Hall–Kier alpha value is -3.26. The van der Waals surface area contributed by atoms with E-state index in [1.54, 1.807) is 36.4 Å². The van der Waals surface area contributed by atoms with E-state index < -0.39 is 4.92 Å². The van der Waals surface area contributed by atoms with Crippen LogP contribution < -0.4 is 10.6 Å². The number of nitro groups is 1. The molecule has 2 aromatic carbocycles. The molecule has 0 saturated carbocycles. The van der Waals surface area contributed by atoms with Gasteiger partial charge in [0.25, 0.3) is 5.69 Å². The van der Waals surface area contributed by atoms with Gasteiger partial charge in [-0.25, -0.2) is 0 Å². The molecule has 0 unspecified atom stereocenters. The number of nitro benzene ring substituents is 1. The number of carbonyl (C=O) groups is 2. The first kappa shape index (κ1) is 20.1. The van der Waals surface area contributed by atoms with E-state index in [2.05, 4.69) is 10.6 Å². The summed E-state index contributed by atoms with van der Waals surface area (Å²) in [6, 6.07) is 13.2. The van der Waals surface area contributed by atoms with Gasteiger partial charge < -0.3 is 10.6 Å². The van der Waals surface area contributed by atoms with Crippen molar-refractivity contribution in [2.45, 2.75) is 20.4 Å². The molecule has 0 aliphatic rings. The fourth-order valence-corrected chi connectivity index (χ4v) is 2.50. The summed E-state index contributed by atoms with van der Waals surface area (Å²) < 4.78 is 0. The number of nitrogens with one attached hydrogen (secondary N) is 2. The first-order chi connectivity index (χ1) is 12.9. The van der Waals surface area contributed by atoms with Gasteiger partial charge in [-0.1, -0.05) is 19.1 Å². The van der Waals surface area contributed by atoms with Crippen LogP contribution in [-0.4, -0.2) is 34.7 Å². The average molecular weight is 370 g/mol. The Morgan fingerprint density at radius 1 is 1.00 bits per heavy atom. The molecule has 2 rings (SSSR count). The molecule has 142 valence electrons. The maximum Gasteiger partial charge on any atom is 0.269 e. The molecule has 8 nitrogen and oxygen atoms in total. The summed E-state index contributed by atoms with van der Waals surface area (Å²) in [6.45, 7) is 4.75. The topological polar surface area (TPSA) is 105 Å². The predicted molar refractivity (Wildman–Crippen MR) is 103 cm³/mol. The fourth-order valence-electron chi connectivity index (χ4n) is 2.50. The number of nitrogens with zero attached hydrogens (tertiary/aromatic N) is 2. The highest BCUT2D eigenvalue weighted by Crippen LogP contribution is 2.15. The summed E-state index contributed by atoms with van der Waals surface area (Å²) in [7, 11) is 0. The zero-order valence-corrected chi connectivity index (χ0v) is 15.3. The summed E-state index contributed by atoms with van der Waals surface area (Å²) >= 11 is 0. The van der Waals surface area contributed by atoms with Crippen LogP contribution in [0.5, 0.6) is 0 Å². The second kappa shape index (κ2) is 9.44. The zero-order valence-electron chi connectivity index (χ0n) is 15.3. The highest BCUT2D eigenvalue weighted by molar-refractivity contribution is 5.93. The summed E-state index contributed by atoms with van der Waals surface area (Å²) in [5.74, 6) is -0.317. The molecule has 0 spiro atoms. The van der Waals surface area contributed by atoms with E-state index in [4.69, 9.17) is 0 Å². The van der Waals surface area contributed by atoms with E-state index in [1.807, 2.05) is 11.8 Å². The number of anilines is 2. The molecular formula is C19H22N4O4. The van der Waals surface area contributed by atoms with Crippen molar-refractivity contribution >= 4 is 28.9 Å². The lowest BCUT2D eigenvalue weighted by Gasteiger charge is -2.20. The largest absolute Gasteiger partial charge is 0.326 e. The van der Waals surface area contributed by atoms with Crippen LogP contribution in [0.2, 0.25) is 0 Å². The molecule has 0 bridgehead atoms. The highest BCUT2D eigenvalue weighted by atomic mass is 16.6. The van der Waals surface area contributed by atoms with Gasteiger partial charge in [0.15, 0.2) is 0 Å². The van der Waals surface area contributed by atoms with Crippen LogP contribution in [0.15, 0.2) is 48.5 Å². The molecule has 2 aromatic rings. The van der Waals surface area contributed by atoms with Gasteiger partial charge >= 0.3 is 0 Å². The minimum atomic E-state index is -0.438. The van der Waals surface area contributed by atoms with Gasteiger partial charge in [0.2, 0.25) is 11.8 Å². The molecule has 27 heavy (non-hydrogen) atoms. The minimum Gasteiger partial charge on any atom is -0.326 e. The maximum atomic E-state index is 12.3. The minimum absolute atomic E-state index is 0.0438. The van der Waals surface area contributed by atoms with Crippen molar-refractivity contribution < 1.29 is 14.5 Å². The van der Waals surface area contributed by atoms with E-state index in [0.717, 1.165) is 5.56 Å². The maximum absolute atomic E-state index is 12.3. The molecule has 0 saturated heterocycles. The first-order valence-electron chi connectivity index (χ1n) is 8.50. The molecule has 0 heterocycles. The Labute approximate surface area is 157 Å². The van der Waals surface area contributed by atoms with E-state index in [9.17, 15) is 19.7 Å². The summed E-state index contributed by atoms with van der Waals surface area (Å²) in [4.78, 5) is 35.5. The Balaban J connectivity index is 1.90. The van der Waals surface area contributed by atoms with Crippen LogP contribution >= 0.6 is 0 Å². The van der Waals surface area contributed by atoms with Crippen LogP contribution in [0.3, 0.4) is 0 Å². The van der Waals surface area contributed by atoms with E-state index in [0.29, 0.717) is 24.5 Å². The monoisotopic (exact) mass is 370 g/mol. The number of benzene rings is 2. The highest BCUT2D eigenvalue weighted by Gasteiger charge is 2.11. The lowest BCUT2D eigenvalue weighted by molar-refractivity contribution is -0.384. The predicted octanol–water partition coefficient (Wildman–Crippen LogP) is 3.01. The number of carbonyl (C=O) groups excluding carboxylic acids is 2. The normalized spacial score (nSPS) is 10.5. The number of non-ortho nitro benzene ring substituents is 1. The van der Waals surface area contributed by atoms with Gasteiger partial charge in [-0.3, -0.25) is 24.6 Å². The van der Waals surface area contributed by atoms with Crippen molar-refractivity contribution in [1.29, 1.82) is 0 Å². The summed E-state index contributed by atoms with van der Waals surface area (Å²) in [5, 5.41) is 16.2. The standard InChI is InChI=1S/C19H22N4O4/c1-3-22(12-15-4-10-18(11-5-15)23(26)27)13-19(25)21-17-8-6-16(7-9-17)20-14(2)24/h4-11H,3,12-13H2,1-2H3,(H,20,24)(H,21,25). The summed E-state index contributed by atoms with van der Waals surface area (Å²) in [5.41, 5.74) is 2.24. The lowest BCUT2D eigenvalue weighted by atomic mass is 10.2. The first-order valence-corrected chi connectivity index (χ1v) is 8.50. The van der Waals surface area contributed by atoms with Crippen molar-refractivity contribution in [2.24, 2.45) is 0 Å². The molecule has 0 aromatic heterocycles. The van der Waals surface area contributed by atoms with Crippen LogP contribution in [0.1, 0.15) is 19.4 Å². The van der Waals surface area contributed by atoms with Crippen LogP contribution in [0.25, 0.3) is 0 Å². The van der Waals surface area contributed by atoms with E-state index in [1.165, 1.54) is 19.1 Å². The molecule has 0 fully saturated rings. The second-order valence-electron chi connectivity index (χ2n) is 6.03. The molecule has 0 aliphatic heterocycles. The number of hydrogen-bond acceptors (Lipinski definition) is 5. The van der Waals surface area contributed by atoms with Crippen molar-refractivity contribution in [3.63, 3.8) is 0 Å².